The summed E-state index contributed by atoms with van der Waals surface area (Å²) >= 11 is 0. The monoisotopic (exact) mass is 309 g/mol. The van der Waals surface area contributed by atoms with Crippen molar-refractivity contribution in [1.29, 1.82) is 0 Å². The molecule has 0 fully saturated rings. The highest BCUT2D eigenvalue weighted by Crippen LogP contribution is 2.21. The zero-order valence-corrected chi connectivity index (χ0v) is 13.7. The van der Waals surface area contributed by atoms with Gasteiger partial charge in [0.1, 0.15) is 11.6 Å². The maximum atomic E-state index is 5.87. The van der Waals surface area contributed by atoms with Gasteiger partial charge in [-0.1, -0.05) is 18.2 Å². The molecule has 2 N–H and O–H groups in total. The third kappa shape index (κ3) is 3.37. The van der Waals surface area contributed by atoms with E-state index in [9.17, 15) is 0 Å². The minimum Gasteiger partial charge on any atom is -0.494 e. The summed E-state index contributed by atoms with van der Waals surface area (Å²) in [5.74, 6) is 1.85. The molecule has 0 atom stereocenters. The van der Waals surface area contributed by atoms with Crippen LogP contribution >= 0.6 is 0 Å². The average molecular weight is 309 g/mol. The number of nitrogens with zero attached hydrogens (tertiary/aromatic N) is 2. The fourth-order valence-electron chi connectivity index (χ4n) is 2.76. The van der Waals surface area contributed by atoms with Crippen molar-refractivity contribution in [3.05, 3.63) is 59.4 Å². The maximum Gasteiger partial charge on any atom is 0.123 e. The van der Waals surface area contributed by atoms with Gasteiger partial charge >= 0.3 is 0 Å². The molecular formula is C19H23N3O. The molecule has 4 heteroatoms. The van der Waals surface area contributed by atoms with E-state index < -0.39 is 0 Å². The number of benzene rings is 2. The first kappa shape index (κ1) is 15.6. The second-order valence-corrected chi connectivity index (χ2v) is 5.82. The molecule has 0 aliphatic heterocycles. The van der Waals surface area contributed by atoms with Gasteiger partial charge in [-0.2, -0.15) is 0 Å². The van der Waals surface area contributed by atoms with Crippen LogP contribution < -0.4 is 10.5 Å². The predicted octanol–water partition coefficient (Wildman–Crippen LogP) is 3.58. The average Bonchev–Trinajstić information content (AvgIpc) is 2.90. The first-order valence-electron chi connectivity index (χ1n) is 8.03. The summed E-state index contributed by atoms with van der Waals surface area (Å²) in [6.07, 6.45) is 0.917. The van der Waals surface area contributed by atoms with Crippen LogP contribution in [0.15, 0.2) is 42.5 Å². The van der Waals surface area contributed by atoms with E-state index in [0.717, 1.165) is 35.6 Å². The lowest BCUT2D eigenvalue weighted by Gasteiger charge is -2.10. The third-order valence-corrected chi connectivity index (χ3v) is 4.16. The van der Waals surface area contributed by atoms with Crippen molar-refractivity contribution < 1.29 is 4.74 Å². The lowest BCUT2D eigenvalue weighted by Crippen LogP contribution is -2.11. The molecule has 2 aromatic carbocycles. The fraction of sp³-hybridized carbons (Fsp3) is 0.316. The number of rotatable bonds is 6. The number of nitrogens with two attached hydrogens (primary N) is 1. The number of para-hydroxylation sites is 1. The molecule has 0 spiro atoms. The van der Waals surface area contributed by atoms with Gasteiger partial charge < -0.3 is 15.0 Å². The van der Waals surface area contributed by atoms with Crippen LogP contribution in [0, 0.1) is 13.8 Å². The van der Waals surface area contributed by atoms with E-state index in [1.807, 2.05) is 30.3 Å². The highest BCUT2D eigenvalue weighted by atomic mass is 16.5. The molecule has 120 valence electrons. The summed E-state index contributed by atoms with van der Waals surface area (Å²) in [7, 11) is 0. The molecule has 0 aliphatic rings. The molecule has 3 rings (SSSR count). The van der Waals surface area contributed by atoms with E-state index in [1.54, 1.807) is 0 Å². The number of ether oxygens (including phenoxy) is 1. The van der Waals surface area contributed by atoms with Crippen LogP contribution in [0.5, 0.6) is 5.75 Å². The van der Waals surface area contributed by atoms with Gasteiger partial charge in [0.25, 0.3) is 0 Å². The minimum atomic E-state index is 0.451. The number of hydrogen-bond acceptors (Lipinski definition) is 3. The van der Waals surface area contributed by atoms with Crippen molar-refractivity contribution in [2.24, 2.45) is 5.73 Å². The van der Waals surface area contributed by atoms with Gasteiger partial charge in [-0.15, -0.1) is 0 Å². The largest absolute Gasteiger partial charge is 0.494 e. The van der Waals surface area contributed by atoms with Gasteiger partial charge in [-0.3, -0.25) is 0 Å². The lowest BCUT2D eigenvalue weighted by atomic mass is 10.1. The normalized spacial score (nSPS) is 11.1. The van der Waals surface area contributed by atoms with Crippen LogP contribution in [0.2, 0.25) is 0 Å². The second kappa shape index (κ2) is 6.84. The molecule has 0 radical (unpaired) electrons. The molecule has 0 unspecified atom stereocenters. The topological polar surface area (TPSA) is 53.1 Å². The van der Waals surface area contributed by atoms with Crippen molar-refractivity contribution in [2.75, 3.05) is 6.61 Å². The summed E-state index contributed by atoms with van der Waals surface area (Å²) < 4.78 is 7.99. The van der Waals surface area contributed by atoms with Gasteiger partial charge in [-0.25, -0.2) is 4.98 Å². The lowest BCUT2D eigenvalue weighted by molar-refractivity contribution is 0.302. The molecule has 3 aromatic rings. The third-order valence-electron chi connectivity index (χ3n) is 4.16. The molecular weight excluding hydrogens is 286 g/mol. The van der Waals surface area contributed by atoms with E-state index in [1.165, 1.54) is 11.1 Å². The van der Waals surface area contributed by atoms with E-state index in [2.05, 4.69) is 35.5 Å². The SMILES string of the molecule is Cc1cc2nc(CN)n(CCCOc3ccccc3)c2cc1C. The fourth-order valence-corrected chi connectivity index (χ4v) is 2.76. The summed E-state index contributed by atoms with van der Waals surface area (Å²) in [6.45, 7) is 6.24. The standard InChI is InChI=1S/C19H23N3O/c1-14-11-17-18(12-15(14)2)22(19(13-20)21-17)9-6-10-23-16-7-4-3-5-8-16/h3-5,7-8,11-12H,6,9-10,13,20H2,1-2H3. The van der Waals surface area contributed by atoms with E-state index >= 15 is 0 Å². The Morgan fingerprint density at radius 3 is 2.57 bits per heavy atom. The first-order chi connectivity index (χ1) is 11.2. The van der Waals surface area contributed by atoms with Crippen molar-refractivity contribution >= 4 is 11.0 Å². The van der Waals surface area contributed by atoms with E-state index in [0.29, 0.717) is 13.2 Å². The number of aromatic nitrogens is 2. The van der Waals surface area contributed by atoms with Crippen LogP contribution in [0.4, 0.5) is 0 Å². The molecule has 23 heavy (non-hydrogen) atoms. The Kier molecular flexibility index (Phi) is 4.63. The molecule has 0 amide bonds. The van der Waals surface area contributed by atoms with Gasteiger partial charge in [0.2, 0.25) is 0 Å². The Bertz CT molecular complexity index is 793. The maximum absolute atomic E-state index is 5.87. The van der Waals surface area contributed by atoms with E-state index in [-0.39, 0.29) is 0 Å². The number of hydrogen-bond donors (Lipinski definition) is 1. The summed E-state index contributed by atoms with van der Waals surface area (Å²) in [6, 6.07) is 14.2. The Balaban J connectivity index is 1.72. The molecule has 1 aromatic heterocycles. The van der Waals surface area contributed by atoms with Crippen LogP contribution in [0.3, 0.4) is 0 Å². The van der Waals surface area contributed by atoms with Crippen molar-refractivity contribution in [3.8, 4) is 5.75 Å². The van der Waals surface area contributed by atoms with Crippen molar-refractivity contribution in [3.63, 3.8) is 0 Å². The molecule has 1 heterocycles. The van der Waals surface area contributed by atoms with Crippen LogP contribution in [0.1, 0.15) is 23.4 Å². The van der Waals surface area contributed by atoms with Crippen molar-refractivity contribution in [1.82, 2.24) is 9.55 Å². The Morgan fingerprint density at radius 2 is 1.83 bits per heavy atom. The van der Waals surface area contributed by atoms with Crippen molar-refractivity contribution in [2.45, 2.75) is 33.4 Å². The molecule has 0 bridgehead atoms. The number of aryl methyl sites for hydroxylation is 3. The Morgan fingerprint density at radius 1 is 1.09 bits per heavy atom. The number of fused-ring (bicyclic) bond motifs is 1. The molecule has 0 saturated heterocycles. The van der Waals surface area contributed by atoms with Gasteiger partial charge in [0.05, 0.1) is 24.2 Å². The van der Waals surface area contributed by atoms with Gasteiger partial charge in [-0.05, 0) is 55.7 Å². The Labute approximate surface area is 136 Å². The minimum absolute atomic E-state index is 0.451. The van der Waals surface area contributed by atoms with Gasteiger partial charge in [0.15, 0.2) is 0 Å². The smallest absolute Gasteiger partial charge is 0.123 e. The summed E-state index contributed by atoms with van der Waals surface area (Å²) in [5, 5.41) is 0. The molecule has 4 nitrogen and oxygen atoms in total. The zero-order chi connectivity index (χ0) is 16.2. The van der Waals surface area contributed by atoms with Crippen LogP contribution in [0.25, 0.3) is 11.0 Å². The van der Waals surface area contributed by atoms with Crippen LogP contribution in [-0.4, -0.2) is 16.2 Å². The molecule has 0 aliphatic carbocycles. The Hall–Kier alpha value is -2.33. The highest BCUT2D eigenvalue weighted by Gasteiger charge is 2.10. The van der Waals surface area contributed by atoms with Crippen LogP contribution in [-0.2, 0) is 13.1 Å². The summed E-state index contributed by atoms with van der Waals surface area (Å²) in [5.41, 5.74) is 10.6. The first-order valence-corrected chi connectivity index (χ1v) is 8.03. The summed E-state index contributed by atoms with van der Waals surface area (Å²) in [4.78, 5) is 4.67. The molecule has 0 saturated carbocycles. The highest BCUT2D eigenvalue weighted by molar-refractivity contribution is 5.78. The quantitative estimate of drug-likeness (QED) is 0.708. The predicted molar refractivity (Wildman–Crippen MR) is 93.7 cm³/mol. The van der Waals surface area contributed by atoms with E-state index in [4.69, 9.17) is 10.5 Å². The second-order valence-electron chi connectivity index (χ2n) is 5.82. The van der Waals surface area contributed by atoms with Gasteiger partial charge in [0, 0.05) is 6.54 Å². The number of imidazole rings is 1. The zero-order valence-electron chi connectivity index (χ0n) is 13.7.